The van der Waals surface area contributed by atoms with Crippen molar-refractivity contribution in [1.82, 2.24) is 0 Å². The molecule has 0 bridgehead atoms. The van der Waals surface area contributed by atoms with Crippen molar-refractivity contribution < 1.29 is 18.9 Å². The molecule has 0 aliphatic carbocycles. The molecule has 0 unspecified atom stereocenters. The molecule has 2 saturated heterocycles. The quantitative estimate of drug-likeness (QED) is 0.624. The second kappa shape index (κ2) is 11.4. The smallest absolute Gasteiger partial charge is 0.168 e. The van der Waals surface area contributed by atoms with Crippen molar-refractivity contribution in [3.63, 3.8) is 0 Å². The third kappa shape index (κ3) is 7.08. The molecule has 0 aromatic carbocycles. The molecule has 0 saturated carbocycles. The number of hydrogen-bond donors (Lipinski definition) is 0. The Labute approximate surface area is 143 Å². The highest BCUT2D eigenvalue weighted by molar-refractivity contribution is 4.73. The summed E-state index contributed by atoms with van der Waals surface area (Å²) in [5, 5.41) is 0. The van der Waals surface area contributed by atoms with Gasteiger partial charge in [0.05, 0.1) is 26.4 Å². The van der Waals surface area contributed by atoms with Crippen molar-refractivity contribution in [2.75, 3.05) is 26.4 Å². The number of hydrogen-bond acceptors (Lipinski definition) is 4. The minimum atomic E-state index is -0.220. The van der Waals surface area contributed by atoms with Crippen LogP contribution in [0.4, 0.5) is 0 Å². The Morgan fingerprint density at radius 2 is 0.826 bits per heavy atom. The van der Waals surface area contributed by atoms with Crippen molar-refractivity contribution in [2.24, 2.45) is 0 Å². The lowest BCUT2D eigenvalue weighted by Gasteiger charge is -2.37. The molecular weight excluding hydrogens is 292 g/mol. The van der Waals surface area contributed by atoms with E-state index in [0.717, 1.165) is 84.2 Å². The lowest BCUT2D eigenvalue weighted by Crippen LogP contribution is -2.40. The molecule has 0 radical (unpaired) electrons. The van der Waals surface area contributed by atoms with Crippen molar-refractivity contribution in [1.29, 1.82) is 0 Å². The average molecular weight is 331 g/mol. The molecule has 23 heavy (non-hydrogen) atoms. The van der Waals surface area contributed by atoms with Gasteiger partial charge in [-0.25, -0.2) is 0 Å². The van der Waals surface area contributed by atoms with Crippen LogP contribution in [-0.2, 0) is 18.9 Å². The molecule has 2 aliphatic rings. The van der Waals surface area contributed by atoms with E-state index < -0.39 is 0 Å². The van der Waals surface area contributed by atoms with Gasteiger partial charge in [-0.2, -0.15) is 0 Å². The molecule has 4 heteroatoms. The van der Waals surface area contributed by atoms with E-state index in [1.165, 1.54) is 0 Å². The molecule has 0 N–H and O–H groups in total. The first-order valence-corrected chi connectivity index (χ1v) is 9.71. The van der Waals surface area contributed by atoms with E-state index in [2.05, 4.69) is 27.7 Å². The van der Waals surface area contributed by atoms with Crippen LogP contribution in [-0.4, -0.2) is 38.0 Å². The topological polar surface area (TPSA) is 36.9 Å². The van der Waals surface area contributed by atoms with E-state index in [0.29, 0.717) is 0 Å². The van der Waals surface area contributed by atoms with Gasteiger partial charge < -0.3 is 18.9 Å². The van der Waals surface area contributed by atoms with Gasteiger partial charge in [0.2, 0.25) is 0 Å². The molecule has 138 valence electrons. The lowest BCUT2D eigenvalue weighted by molar-refractivity contribution is -0.273. The second-order valence-corrected chi connectivity index (χ2v) is 6.57. The molecule has 4 nitrogen and oxygen atoms in total. The predicted octanol–water partition coefficient (Wildman–Crippen LogP) is 5.05. The molecule has 2 fully saturated rings. The fraction of sp³-hybridized carbons (Fsp3) is 1.00. The van der Waals surface area contributed by atoms with Crippen molar-refractivity contribution >= 4 is 0 Å². The van der Waals surface area contributed by atoms with Crippen LogP contribution in [0, 0.1) is 0 Å². The Morgan fingerprint density at radius 1 is 0.522 bits per heavy atom. The molecular formula is C19H38O4. The van der Waals surface area contributed by atoms with E-state index in [4.69, 9.17) is 18.9 Å². The van der Waals surface area contributed by atoms with Crippen LogP contribution in [0.1, 0.15) is 85.5 Å². The van der Waals surface area contributed by atoms with Gasteiger partial charge in [0.15, 0.2) is 11.6 Å². The van der Waals surface area contributed by atoms with Crippen LogP contribution < -0.4 is 0 Å². The van der Waals surface area contributed by atoms with Gasteiger partial charge in [0.1, 0.15) is 0 Å². The van der Waals surface area contributed by atoms with Gasteiger partial charge in [-0.15, -0.1) is 0 Å². The van der Waals surface area contributed by atoms with Crippen LogP contribution in [0.3, 0.4) is 0 Å². The van der Waals surface area contributed by atoms with E-state index >= 15 is 0 Å². The highest BCUT2D eigenvalue weighted by atomic mass is 16.7. The maximum absolute atomic E-state index is 5.72. The van der Waals surface area contributed by atoms with Crippen molar-refractivity contribution in [2.45, 2.75) is 97.1 Å². The average Bonchev–Trinajstić information content (AvgIpc) is 2.98. The normalized spacial score (nSPS) is 22.4. The fourth-order valence-corrected chi connectivity index (χ4v) is 3.46. The SMILES string of the molecule is CCCC1(CCC)OCCCO1.CCCC1(CCC)OCCO1. The van der Waals surface area contributed by atoms with Gasteiger partial charge in [0.25, 0.3) is 0 Å². The molecule has 2 heterocycles. The summed E-state index contributed by atoms with van der Waals surface area (Å²) < 4.78 is 22.6. The Kier molecular flexibility index (Phi) is 10.4. The maximum Gasteiger partial charge on any atom is 0.168 e. The van der Waals surface area contributed by atoms with E-state index in [-0.39, 0.29) is 11.6 Å². The monoisotopic (exact) mass is 330 g/mol. The largest absolute Gasteiger partial charge is 0.350 e. The van der Waals surface area contributed by atoms with Gasteiger partial charge in [0, 0.05) is 25.7 Å². The third-order valence-electron chi connectivity index (χ3n) is 4.36. The molecule has 2 rings (SSSR count). The summed E-state index contributed by atoms with van der Waals surface area (Å²) >= 11 is 0. The summed E-state index contributed by atoms with van der Waals surface area (Å²) in [6, 6.07) is 0. The summed E-state index contributed by atoms with van der Waals surface area (Å²) in [6.07, 6.45) is 9.78. The Balaban J connectivity index is 0.000000231. The Morgan fingerprint density at radius 3 is 1.13 bits per heavy atom. The van der Waals surface area contributed by atoms with Crippen LogP contribution in [0.15, 0.2) is 0 Å². The summed E-state index contributed by atoms with van der Waals surface area (Å²) in [5.41, 5.74) is 0. The first-order valence-electron chi connectivity index (χ1n) is 9.71. The molecule has 0 amide bonds. The zero-order chi connectivity index (χ0) is 17.0. The lowest BCUT2D eigenvalue weighted by atomic mass is 10.0. The number of ether oxygens (including phenoxy) is 4. The second-order valence-electron chi connectivity index (χ2n) is 6.57. The third-order valence-corrected chi connectivity index (χ3v) is 4.36. The van der Waals surface area contributed by atoms with Crippen LogP contribution in [0.2, 0.25) is 0 Å². The summed E-state index contributed by atoms with van der Waals surface area (Å²) in [5.74, 6) is -0.425. The summed E-state index contributed by atoms with van der Waals surface area (Å²) in [4.78, 5) is 0. The Bertz CT molecular complexity index is 258. The van der Waals surface area contributed by atoms with E-state index in [9.17, 15) is 0 Å². The zero-order valence-corrected chi connectivity index (χ0v) is 15.8. The van der Waals surface area contributed by atoms with Gasteiger partial charge >= 0.3 is 0 Å². The highest BCUT2D eigenvalue weighted by Gasteiger charge is 2.34. The molecule has 0 aromatic heterocycles. The standard InChI is InChI=1S/C10H20O2.C9H18O2/c1-3-6-10(7-4-2)11-8-5-9-12-10;1-3-5-9(6-4-2)10-7-8-11-9/h3-9H2,1-2H3;3-8H2,1-2H3. The summed E-state index contributed by atoms with van der Waals surface area (Å²) in [6.45, 7) is 12.0. The fourth-order valence-electron chi connectivity index (χ4n) is 3.46. The molecule has 0 atom stereocenters. The first kappa shape index (κ1) is 20.9. The van der Waals surface area contributed by atoms with E-state index in [1.54, 1.807) is 0 Å². The van der Waals surface area contributed by atoms with Crippen LogP contribution in [0.25, 0.3) is 0 Å². The first-order chi connectivity index (χ1) is 11.2. The van der Waals surface area contributed by atoms with Gasteiger partial charge in [-0.3, -0.25) is 0 Å². The maximum atomic E-state index is 5.72. The molecule has 2 aliphatic heterocycles. The van der Waals surface area contributed by atoms with Gasteiger partial charge in [-0.1, -0.05) is 53.4 Å². The highest BCUT2D eigenvalue weighted by Crippen LogP contribution is 2.30. The van der Waals surface area contributed by atoms with E-state index in [1.807, 2.05) is 0 Å². The minimum absolute atomic E-state index is 0.205. The molecule has 0 spiro atoms. The predicted molar refractivity (Wildman–Crippen MR) is 93.5 cm³/mol. The molecule has 0 aromatic rings. The van der Waals surface area contributed by atoms with Crippen molar-refractivity contribution in [3.05, 3.63) is 0 Å². The van der Waals surface area contributed by atoms with Crippen LogP contribution >= 0.6 is 0 Å². The van der Waals surface area contributed by atoms with Crippen molar-refractivity contribution in [3.8, 4) is 0 Å². The number of rotatable bonds is 8. The van der Waals surface area contributed by atoms with Gasteiger partial charge in [-0.05, 0) is 6.42 Å². The summed E-state index contributed by atoms with van der Waals surface area (Å²) in [7, 11) is 0. The zero-order valence-electron chi connectivity index (χ0n) is 15.8. The minimum Gasteiger partial charge on any atom is -0.350 e. The van der Waals surface area contributed by atoms with Crippen LogP contribution in [0.5, 0.6) is 0 Å². The Hall–Kier alpha value is -0.160.